The topological polar surface area (TPSA) is 46.6 Å². The predicted molar refractivity (Wildman–Crippen MR) is 58.8 cm³/mol. The van der Waals surface area contributed by atoms with Crippen molar-refractivity contribution < 1.29 is 14.3 Å². The lowest BCUT2D eigenvalue weighted by Crippen LogP contribution is -2.40. The van der Waals surface area contributed by atoms with Crippen LogP contribution < -0.4 is 0 Å². The van der Waals surface area contributed by atoms with E-state index < -0.39 is 0 Å². The van der Waals surface area contributed by atoms with Gasteiger partial charge in [-0.2, -0.15) is 0 Å². The highest BCUT2D eigenvalue weighted by Gasteiger charge is 2.53. The van der Waals surface area contributed by atoms with Crippen LogP contribution in [0.3, 0.4) is 0 Å². The van der Waals surface area contributed by atoms with Crippen molar-refractivity contribution >= 4 is 11.8 Å². The molecule has 1 heterocycles. The second-order valence-corrected chi connectivity index (χ2v) is 4.97. The molecule has 0 aromatic heterocycles. The number of ether oxygens (including phenoxy) is 1. The molecule has 0 aromatic carbocycles. The van der Waals surface area contributed by atoms with Crippen molar-refractivity contribution in [3.8, 4) is 0 Å². The highest BCUT2D eigenvalue weighted by atomic mass is 16.5. The number of likely N-dealkylation sites (tertiary alicyclic amines) is 1. The standard InChI is InChI=1S/C12H19NO3/c1-4-16-12(15)11-10-7(2)5-9(14)8(10)6-13(11)3/h7-8,10-11H,4-6H2,1-3H3/t7-,8+,10-,11-/m1/s1. The Hall–Kier alpha value is -0.900. The highest BCUT2D eigenvalue weighted by molar-refractivity contribution is 5.87. The molecule has 0 radical (unpaired) electrons. The fraction of sp³-hybridized carbons (Fsp3) is 0.833. The fourth-order valence-corrected chi connectivity index (χ4v) is 3.25. The molecule has 0 bridgehead atoms. The number of hydrogen-bond acceptors (Lipinski definition) is 4. The van der Waals surface area contributed by atoms with Crippen molar-refractivity contribution in [2.24, 2.45) is 17.8 Å². The predicted octanol–water partition coefficient (Wildman–Crippen LogP) is 0.705. The quantitative estimate of drug-likeness (QED) is 0.649. The Bertz CT molecular complexity index is 315. The summed E-state index contributed by atoms with van der Waals surface area (Å²) in [6.07, 6.45) is 0.624. The molecule has 1 aliphatic heterocycles. The van der Waals surface area contributed by atoms with Crippen LogP contribution in [0.25, 0.3) is 0 Å². The summed E-state index contributed by atoms with van der Waals surface area (Å²) in [4.78, 5) is 25.6. The number of rotatable bonds is 2. The second kappa shape index (κ2) is 4.17. The average molecular weight is 225 g/mol. The Labute approximate surface area is 95.9 Å². The first-order valence-corrected chi connectivity index (χ1v) is 5.95. The molecule has 0 unspecified atom stereocenters. The van der Waals surface area contributed by atoms with Gasteiger partial charge in [0.1, 0.15) is 11.8 Å². The van der Waals surface area contributed by atoms with Gasteiger partial charge in [0.05, 0.1) is 6.61 Å². The van der Waals surface area contributed by atoms with E-state index in [1.807, 2.05) is 18.9 Å². The van der Waals surface area contributed by atoms with E-state index in [1.165, 1.54) is 0 Å². The van der Waals surface area contributed by atoms with Gasteiger partial charge in [0.2, 0.25) is 0 Å². The van der Waals surface area contributed by atoms with Crippen LogP contribution in [0.4, 0.5) is 0 Å². The molecule has 1 saturated heterocycles. The maximum atomic E-state index is 11.9. The molecule has 4 atom stereocenters. The first-order chi connectivity index (χ1) is 7.56. The maximum Gasteiger partial charge on any atom is 0.323 e. The minimum Gasteiger partial charge on any atom is -0.465 e. The molecular weight excluding hydrogens is 206 g/mol. The van der Waals surface area contributed by atoms with Crippen LogP contribution in [0.5, 0.6) is 0 Å². The Balaban J connectivity index is 2.19. The van der Waals surface area contributed by atoms with Crippen molar-refractivity contribution in [3.63, 3.8) is 0 Å². The van der Waals surface area contributed by atoms with Gasteiger partial charge in [-0.25, -0.2) is 0 Å². The van der Waals surface area contributed by atoms with E-state index in [2.05, 4.69) is 6.92 Å². The molecule has 0 N–H and O–H groups in total. The molecule has 16 heavy (non-hydrogen) atoms. The van der Waals surface area contributed by atoms with Gasteiger partial charge in [0, 0.05) is 18.9 Å². The van der Waals surface area contributed by atoms with Gasteiger partial charge in [0.25, 0.3) is 0 Å². The summed E-state index contributed by atoms with van der Waals surface area (Å²) in [5.74, 6) is 0.665. The molecule has 2 rings (SSSR count). The summed E-state index contributed by atoms with van der Waals surface area (Å²) in [7, 11) is 1.90. The van der Waals surface area contributed by atoms with Crippen molar-refractivity contribution in [2.75, 3.05) is 20.2 Å². The first-order valence-electron chi connectivity index (χ1n) is 5.95. The zero-order valence-electron chi connectivity index (χ0n) is 10.1. The number of Topliss-reactive ketones (excluding diaryl/α,β-unsaturated/α-hetero) is 1. The van der Waals surface area contributed by atoms with Crippen molar-refractivity contribution in [2.45, 2.75) is 26.3 Å². The number of hydrogen-bond donors (Lipinski definition) is 0. The lowest BCUT2D eigenvalue weighted by atomic mass is 9.87. The third-order valence-electron chi connectivity index (χ3n) is 3.91. The van der Waals surface area contributed by atoms with Crippen LogP contribution in [0.1, 0.15) is 20.3 Å². The smallest absolute Gasteiger partial charge is 0.323 e. The van der Waals surface area contributed by atoms with Crippen LogP contribution >= 0.6 is 0 Å². The van der Waals surface area contributed by atoms with Crippen molar-refractivity contribution in [1.82, 2.24) is 4.90 Å². The molecule has 0 aromatic rings. The fourth-order valence-electron chi connectivity index (χ4n) is 3.25. The van der Waals surface area contributed by atoms with Gasteiger partial charge in [0.15, 0.2) is 0 Å². The number of fused-ring (bicyclic) bond motifs is 1. The number of nitrogens with zero attached hydrogens (tertiary/aromatic N) is 1. The van der Waals surface area contributed by atoms with Gasteiger partial charge in [-0.1, -0.05) is 6.92 Å². The van der Waals surface area contributed by atoms with Gasteiger partial charge < -0.3 is 4.74 Å². The first kappa shape index (κ1) is 11.6. The second-order valence-electron chi connectivity index (χ2n) is 4.97. The van der Waals surface area contributed by atoms with E-state index in [0.29, 0.717) is 31.3 Å². The Kier molecular flexibility index (Phi) is 3.02. The number of carbonyl (C=O) groups excluding carboxylic acids is 2. The third kappa shape index (κ3) is 1.65. The summed E-state index contributed by atoms with van der Waals surface area (Å²) < 4.78 is 5.10. The van der Waals surface area contributed by atoms with Crippen LogP contribution in [0, 0.1) is 17.8 Å². The number of carbonyl (C=O) groups is 2. The van der Waals surface area contributed by atoms with E-state index in [0.717, 1.165) is 0 Å². The zero-order valence-corrected chi connectivity index (χ0v) is 10.1. The minimum absolute atomic E-state index is 0.0504. The zero-order chi connectivity index (χ0) is 11.9. The van der Waals surface area contributed by atoms with E-state index >= 15 is 0 Å². The Morgan fingerprint density at radius 3 is 2.88 bits per heavy atom. The molecule has 0 spiro atoms. The molecule has 4 heteroatoms. The molecule has 1 aliphatic carbocycles. The third-order valence-corrected chi connectivity index (χ3v) is 3.91. The molecule has 4 nitrogen and oxygen atoms in total. The SMILES string of the molecule is CCOC(=O)[C@H]1[C@@H]2[C@H](C)CC(=O)[C@@H]2CN1C. The Morgan fingerprint density at radius 2 is 2.25 bits per heavy atom. The number of ketones is 1. The molecule has 90 valence electrons. The lowest BCUT2D eigenvalue weighted by Gasteiger charge is -2.24. The van der Waals surface area contributed by atoms with Crippen LogP contribution in [0.15, 0.2) is 0 Å². The summed E-state index contributed by atoms with van der Waals surface area (Å²) in [5.41, 5.74) is 0. The summed E-state index contributed by atoms with van der Waals surface area (Å²) in [5, 5.41) is 0. The van der Waals surface area contributed by atoms with Crippen LogP contribution in [0.2, 0.25) is 0 Å². The van der Waals surface area contributed by atoms with Gasteiger partial charge in [-0.15, -0.1) is 0 Å². The molecule has 2 aliphatic rings. The minimum atomic E-state index is -0.216. The number of likely N-dealkylation sites (N-methyl/N-ethyl adjacent to an activating group) is 1. The monoisotopic (exact) mass is 225 g/mol. The number of esters is 1. The van der Waals surface area contributed by atoms with Gasteiger partial charge >= 0.3 is 5.97 Å². The maximum absolute atomic E-state index is 11.9. The molecule has 2 fully saturated rings. The molecular formula is C12H19NO3. The van der Waals surface area contributed by atoms with E-state index in [9.17, 15) is 9.59 Å². The summed E-state index contributed by atoms with van der Waals surface area (Å²) >= 11 is 0. The highest BCUT2D eigenvalue weighted by Crippen LogP contribution is 2.43. The Morgan fingerprint density at radius 1 is 1.56 bits per heavy atom. The van der Waals surface area contributed by atoms with E-state index in [-0.39, 0.29) is 23.8 Å². The summed E-state index contributed by atoms with van der Waals surface area (Å²) in [6, 6.07) is -0.216. The lowest BCUT2D eigenvalue weighted by molar-refractivity contribution is -0.149. The van der Waals surface area contributed by atoms with Crippen molar-refractivity contribution in [1.29, 1.82) is 0 Å². The normalized spacial score (nSPS) is 38.8. The van der Waals surface area contributed by atoms with Crippen molar-refractivity contribution in [3.05, 3.63) is 0 Å². The summed E-state index contributed by atoms with van der Waals surface area (Å²) in [6.45, 7) is 4.99. The van der Waals surface area contributed by atoms with Gasteiger partial charge in [-0.05, 0) is 25.8 Å². The van der Waals surface area contributed by atoms with Crippen LogP contribution in [-0.2, 0) is 14.3 Å². The van der Waals surface area contributed by atoms with Gasteiger partial charge in [-0.3, -0.25) is 14.5 Å². The largest absolute Gasteiger partial charge is 0.465 e. The molecule has 1 saturated carbocycles. The molecule has 0 amide bonds. The van der Waals surface area contributed by atoms with Crippen LogP contribution in [-0.4, -0.2) is 42.9 Å². The van der Waals surface area contributed by atoms with E-state index in [1.54, 1.807) is 0 Å². The van der Waals surface area contributed by atoms with E-state index in [4.69, 9.17) is 4.74 Å². The average Bonchev–Trinajstić information content (AvgIpc) is 2.67.